The number of rotatable bonds is 22. The lowest BCUT2D eigenvalue weighted by Crippen LogP contribution is -3.00. The summed E-state index contributed by atoms with van der Waals surface area (Å²) in [6.07, 6.45) is 6.42. The van der Waals surface area contributed by atoms with Gasteiger partial charge in [0.05, 0.1) is 29.9 Å². The van der Waals surface area contributed by atoms with Crippen LogP contribution in [0.2, 0.25) is 0 Å². The van der Waals surface area contributed by atoms with Gasteiger partial charge in [0.15, 0.2) is 86.3 Å². The minimum Gasteiger partial charge on any atom is -1.00 e. The van der Waals surface area contributed by atoms with Crippen LogP contribution in [0.15, 0.2) is 115 Å². The van der Waals surface area contributed by atoms with Gasteiger partial charge in [0.2, 0.25) is 46.3 Å². The Morgan fingerprint density at radius 1 is 0.453 bits per heavy atom. The summed E-state index contributed by atoms with van der Waals surface area (Å²) in [6, 6.07) is 15.9. The molecule has 1 spiro atoms. The number of nitrogens with zero attached hydrogens (tertiary/aromatic N) is 1. The van der Waals surface area contributed by atoms with E-state index in [1.54, 1.807) is 0 Å². The molecule has 16 rings (SSSR count). The first-order chi connectivity index (χ1) is 63.9. The number of benzene rings is 9. The highest BCUT2D eigenvalue weighted by Gasteiger charge is 2.58. The number of carbonyl (C=O) groups is 4. The Hall–Kier alpha value is -11.5. The topological polar surface area (TPSA) is 320 Å². The van der Waals surface area contributed by atoms with Crippen molar-refractivity contribution in [1.29, 1.82) is 0 Å². The second-order valence-electron chi connectivity index (χ2n) is 31.4. The Morgan fingerprint density at radius 2 is 0.885 bits per heavy atom. The molecule has 0 radical (unpaired) electrons. The summed E-state index contributed by atoms with van der Waals surface area (Å²) < 4.78 is 415. The quantitative estimate of drug-likeness (QED) is 0.0165. The molecule has 0 saturated carbocycles. The van der Waals surface area contributed by atoms with E-state index in [1.807, 2.05) is 0 Å². The van der Waals surface area contributed by atoms with Gasteiger partial charge in [-0.05, 0) is 148 Å². The van der Waals surface area contributed by atoms with Crippen LogP contribution >= 0.6 is 0 Å². The number of morpholine rings is 1. The number of hydrogen-bond acceptors (Lipinski definition) is 23. The number of nitrogens with one attached hydrogen (secondary N) is 1. The molecule has 9 aliphatic rings. The number of carbonyl (C=O) groups excluding carboxylic acids is 4. The fourth-order valence-corrected chi connectivity index (χ4v) is 17.5. The van der Waals surface area contributed by atoms with E-state index in [2.05, 4.69) is 22.8 Å². The van der Waals surface area contributed by atoms with Gasteiger partial charge in [-0.1, -0.05) is 42.5 Å². The average Bonchev–Trinajstić information content (AvgIpc) is 1.57. The number of aryl methyl sites for hydroxylation is 1. The van der Waals surface area contributed by atoms with Crippen molar-refractivity contribution in [2.75, 3.05) is 65.8 Å². The van der Waals surface area contributed by atoms with Crippen LogP contribution in [0.5, 0.6) is 28.7 Å². The minimum absolute atomic E-state index is 0. The van der Waals surface area contributed by atoms with E-state index in [9.17, 15) is 111 Å². The average molecular weight is 2100 g/mol. The molecule has 7 aliphatic heterocycles. The van der Waals surface area contributed by atoms with E-state index < -0.39 is 246 Å². The molecular formula is C88H65Cl3F21N2O22S3-3. The van der Waals surface area contributed by atoms with Crippen molar-refractivity contribution in [2.45, 2.75) is 100 Å². The molecule has 1 N–H and O–H groups in total. The third-order valence-electron chi connectivity index (χ3n) is 22.9. The monoisotopic (exact) mass is 2100 g/mol. The number of amides is 1. The molecule has 3 fully saturated rings. The van der Waals surface area contributed by atoms with Gasteiger partial charge in [0, 0.05) is 126 Å². The number of esters is 1. The summed E-state index contributed by atoms with van der Waals surface area (Å²) >= 11 is 0. The molecule has 24 nitrogen and oxygen atoms in total. The van der Waals surface area contributed by atoms with E-state index in [-0.39, 0.29) is 119 Å². The van der Waals surface area contributed by atoms with Gasteiger partial charge < -0.3 is 87.6 Å². The zero-order chi connectivity index (χ0) is 98.9. The molecule has 2 aliphatic carbocycles. The molecule has 1 unspecified atom stereocenters. The molecule has 1 amide bonds. The highest BCUT2D eigenvalue weighted by atomic mass is 35.5. The van der Waals surface area contributed by atoms with E-state index >= 15 is 35.1 Å². The Labute approximate surface area is 789 Å². The maximum absolute atomic E-state index is 15.7. The first-order valence-electron chi connectivity index (χ1n) is 40.5. The zero-order valence-corrected chi connectivity index (χ0v) is 75.5. The SMILES string of the molecule is Cc1c(F)cc2c(c1F)Oc1c(cc(F)c(OS(=O)(=O)C(F)(F)F)c1F)C21OC(=O)c2cc(C(=O)NCCN3CCOCC3)ccc21.Cc1cc(C(=O)CCCC2CCOCC2)ccc1-c1c2cc(F)c(=O)c(F)c-2oc2c(F)c(OS(=O)(=O)C(F)(F)F)c(F)cc12.O=C(CCCC1CCOCC1)c1ccccc1-c1c2cc(F)c(=O)c(F)c-2oc2c(F)c(OS(=O)(=O)C(F)(F)F)c(F)cc12.[Cl-].[Cl-].[Cl-]. The highest BCUT2D eigenvalue weighted by Crippen LogP contribution is 2.60. The summed E-state index contributed by atoms with van der Waals surface area (Å²) in [4.78, 5) is 78.7. The van der Waals surface area contributed by atoms with Crippen molar-refractivity contribution < 1.29 is 219 Å². The van der Waals surface area contributed by atoms with Crippen molar-refractivity contribution in [3.05, 3.63) is 237 Å². The van der Waals surface area contributed by atoms with Crippen molar-refractivity contribution in [2.24, 2.45) is 11.8 Å². The van der Waals surface area contributed by atoms with Crippen LogP contribution in [0.25, 0.3) is 66.8 Å². The fraction of sp³-hybridized carbons (Fsp3) is 0.318. The highest BCUT2D eigenvalue weighted by molar-refractivity contribution is 7.88. The number of fused-ring (bicyclic) bond motifs is 10. The molecule has 139 heavy (non-hydrogen) atoms. The molecule has 7 aromatic rings. The van der Waals surface area contributed by atoms with Crippen molar-refractivity contribution in [3.63, 3.8) is 0 Å². The number of halogens is 24. The van der Waals surface area contributed by atoms with Crippen LogP contribution in [0, 0.1) is 95.5 Å². The molecule has 0 aromatic heterocycles. The second kappa shape index (κ2) is 41.7. The molecular weight excluding hydrogens is 2040 g/mol. The van der Waals surface area contributed by atoms with Gasteiger partial charge in [-0.3, -0.25) is 28.9 Å². The minimum atomic E-state index is -6.61. The summed E-state index contributed by atoms with van der Waals surface area (Å²) in [5.74, 6) is -34.0. The van der Waals surface area contributed by atoms with Crippen LogP contribution in [-0.4, -0.2) is 136 Å². The van der Waals surface area contributed by atoms with Crippen molar-refractivity contribution in [1.82, 2.24) is 10.2 Å². The Kier molecular flexibility index (Phi) is 32.4. The molecule has 7 heterocycles. The van der Waals surface area contributed by atoms with Gasteiger partial charge in [-0.15, -0.1) is 0 Å². The van der Waals surface area contributed by atoms with Gasteiger partial charge >= 0.3 is 52.8 Å². The van der Waals surface area contributed by atoms with Crippen LogP contribution in [0.4, 0.5) is 92.2 Å². The summed E-state index contributed by atoms with van der Waals surface area (Å²) in [6.45, 7) is 8.20. The van der Waals surface area contributed by atoms with Crippen LogP contribution in [-0.2, 0) is 54.9 Å². The molecule has 51 heteroatoms. The van der Waals surface area contributed by atoms with E-state index in [0.717, 1.165) is 57.6 Å². The smallest absolute Gasteiger partial charge is 0.534 e. The molecule has 0 bridgehead atoms. The number of ketones is 2. The van der Waals surface area contributed by atoms with E-state index in [4.69, 9.17) is 32.5 Å². The van der Waals surface area contributed by atoms with E-state index in [0.29, 0.717) is 114 Å². The van der Waals surface area contributed by atoms with Crippen molar-refractivity contribution in [3.8, 4) is 73.6 Å². The Bertz CT molecular complexity index is 7140. The fourth-order valence-electron chi connectivity index (χ4n) is 16.1. The lowest BCUT2D eigenvalue weighted by molar-refractivity contribution is -0.0506. The maximum atomic E-state index is 15.7. The van der Waals surface area contributed by atoms with Crippen molar-refractivity contribution >= 4 is 75.7 Å². The standard InChI is InChI=1S/C30H23F7O7S.C29H21F7N2O8S.C29H21F7O7S.3ClH/c1-14-11-16(22(38)4-2-3-15-7-9-42-10-8-15)5-6-17(14)23-18-12-20(31)26(39)24(33)27(18)43-28-19(23)13-21(32)29(25(28)34)44-45(40,41)30(35,36)37;1-13-19(30)11-17-23(21(13)32)44-24-18(12-20(31)25(22(24)33)46-47(41,42)29(34,35)36)28(17)16-3-2-14(10-15(16)27(40)45-28)26(39)37-4-5-38-6-8-43-9-7-38;30-19-12-17-22(16-6-2-1-5-15(16)21(37)7-3-4-14-8-10-41-11-9-14)18-13-20(31)28(43-44(39,40)29(34,35)36)24(33)27(18)42-26(17)23(32)25(19)38;;;/h5-6,11-13,15H,2-4,7-10H2,1H3;2-3,10-12H,4-9H2,1H3,(H,37,39);1-2,5-6,12-14H,3-4,7-11H2;3*1H/p-3. The summed E-state index contributed by atoms with van der Waals surface area (Å²) in [7, 11) is -19.7. The normalized spacial score (nSPS) is 15.9. The first kappa shape index (κ1) is 108. The molecule has 3 saturated heterocycles. The summed E-state index contributed by atoms with van der Waals surface area (Å²) in [5, 5.41) is 1.45. The Balaban J connectivity index is 0.000000198. The number of alkyl halides is 9. The number of Topliss-reactive ketones (excluding diaryl/α,β-unsaturated/α-hetero) is 2. The zero-order valence-electron chi connectivity index (χ0n) is 70.8. The Morgan fingerprint density at radius 3 is 1.37 bits per heavy atom. The number of hydrogen-bond donors (Lipinski definition) is 1. The van der Waals surface area contributed by atoms with Gasteiger partial charge in [0.25, 0.3) is 16.8 Å². The first-order valence-corrected chi connectivity index (χ1v) is 44.7. The predicted octanol–water partition coefficient (Wildman–Crippen LogP) is 9.99. The van der Waals surface area contributed by atoms with Crippen LogP contribution < -0.4 is 70.7 Å². The third-order valence-corrected chi connectivity index (χ3v) is 25.8. The molecule has 748 valence electrons. The molecule has 7 aromatic carbocycles. The largest absolute Gasteiger partial charge is 1.00 e. The van der Waals surface area contributed by atoms with Gasteiger partial charge in [0.1, 0.15) is 5.82 Å². The van der Waals surface area contributed by atoms with Gasteiger partial charge in [-0.25, -0.2) is 35.5 Å². The lowest BCUT2D eigenvalue weighted by Gasteiger charge is -2.37. The third kappa shape index (κ3) is 21.1. The number of ether oxygens (including phenoxy) is 5. The van der Waals surface area contributed by atoms with Gasteiger partial charge in [-0.2, -0.15) is 86.7 Å². The van der Waals surface area contributed by atoms with E-state index in [1.165, 1.54) is 55.5 Å². The maximum Gasteiger partial charge on any atom is 0.534 e. The predicted molar refractivity (Wildman–Crippen MR) is 433 cm³/mol. The van der Waals surface area contributed by atoms with Crippen LogP contribution in [0.3, 0.4) is 0 Å². The lowest BCUT2D eigenvalue weighted by atomic mass is 9.76. The molecule has 1 atom stereocenters. The second-order valence-corrected chi connectivity index (χ2v) is 36.0. The summed E-state index contributed by atoms with van der Waals surface area (Å²) in [5.41, 5.74) is -30.8. The van der Waals surface area contributed by atoms with Crippen LogP contribution in [0.1, 0.15) is 133 Å².